The lowest BCUT2D eigenvalue weighted by Gasteiger charge is -2.13. The van der Waals surface area contributed by atoms with Crippen LogP contribution in [0, 0.1) is 13.8 Å². The fourth-order valence-electron chi connectivity index (χ4n) is 2.96. The molecule has 3 N–H and O–H groups in total. The summed E-state index contributed by atoms with van der Waals surface area (Å²) in [6, 6.07) is 15.1. The molecule has 1 heterocycles. The average Bonchev–Trinajstić information content (AvgIpc) is 2.96. The molecule has 25 heavy (non-hydrogen) atoms. The SMILES string of the molecule is Cc1ccc(C(=O)c2[nH]c(C(C)c3ccc(N)cc3Cl)cc2C)cc1. The number of nitrogens with two attached hydrogens (primary N) is 1. The number of hydrogen-bond acceptors (Lipinski definition) is 2. The van der Waals surface area contributed by atoms with Gasteiger partial charge >= 0.3 is 0 Å². The second-order valence-corrected chi connectivity index (χ2v) is 6.89. The van der Waals surface area contributed by atoms with Crippen LogP contribution in [0.15, 0.2) is 48.5 Å². The molecule has 0 aliphatic heterocycles. The summed E-state index contributed by atoms with van der Waals surface area (Å²) in [5, 5.41) is 0.631. The van der Waals surface area contributed by atoms with Crippen LogP contribution in [0.3, 0.4) is 0 Å². The van der Waals surface area contributed by atoms with E-state index in [-0.39, 0.29) is 11.7 Å². The number of benzene rings is 2. The first-order valence-electron chi connectivity index (χ1n) is 8.22. The Morgan fingerprint density at radius 3 is 2.40 bits per heavy atom. The maximum Gasteiger partial charge on any atom is 0.209 e. The Labute approximate surface area is 152 Å². The summed E-state index contributed by atoms with van der Waals surface area (Å²) in [6.07, 6.45) is 0. The Kier molecular flexibility index (Phi) is 4.69. The minimum absolute atomic E-state index is 0.000599. The van der Waals surface area contributed by atoms with Gasteiger partial charge in [-0.05, 0) is 43.2 Å². The molecule has 0 saturated heterocycles. The maximum atomic E-state index is 12.8. The van der Waals surface area contributed by atoms with Crippen LogP contribution in [-0.2, 0) is 0 Å². The molecule has 0 radical (unpaired) electrons. The van der Waals surface area contributed by atoms with E-state index < -0.39 is 0 Å². The third kappa shape index (κ3) is 3.47. The van der Waals surface area contributed by atoms with Crippen molar-refractivity contribution in [2.24, 2.45) is 0 Å². The fourth-order valence-corrected chi connectivity index (χ4v) is 3.32. The van der Waals surface area contributed by atoms with Crippen molar-refractivity contribution in [1.82, 2.24) is 4.98 Å². The van der Waals surface area contributed by atoms with Crippen LogP contribution >= 0.6 is 11.6 Å². The molecule has 1 aromatic heterocycles. The second-order valence-electron chi connectivity index (χ2n) is 6.48. The average molecular weight is 353 g/mol. The number of carbonyl (C=O) groups is 1. The molecule has 3 aromatic rings. The minimum atomic E-state index is -0.000599. The number of ketones is 1. The molecule has 3 nitrogen and oxygen atoms in total. The van der Waals surface area contributed by atoms with E-state index in [0.29, 0.717) is 22.0 Å². The first kappa shape index (κ1) is 17.3. The van der Waals surface area contributed by atoms with Gasteiger partial charge in [-0.2, -0.15) is 0 Å². The van der Waals surface area contributed by atoms with Crippen molar-refractivity contribution in [3.63, 3.8) is 0 Å². The van der Waals surface area contributed by atoms with Crippen LogP contribution in [0.1, 0.15) is 51.3 Å². The summed E-state index contributed by atoms with van der Waals surface area (Å²) in [5.41, 5.74) is 11.7. The molecule has 0 aliphatic carbocycles. The summed E-state index contributed by atoms with van der Waals surface area (Å²) in [7, 11) is 0. The zero-order chi connectivity index (χ0) is 18.1. The zero-order valence-electron chi connectivity index (χ0n) is 14.6. The predicted octanol–water partition coefficient (Wildman–Crippen LogP) is 5.25. The van der Waals surface area contributed by atoms with Crippen molar-refractivity contribution >= 4 is 23.1 Å². The fraction of sp³-hybridized carbons (Fsp3) is 0.190. The third-order valence-electron chi connectivity index (χ3n) is 4.53. The molecule has 1 unspecified atom stereocenters. The molecule has 0 fully saturated rings. The Bertz CT molecular complexity index is 926. The van der Waals surface area contributed by atoms with Crippen molar-refractivity contribution in [2.45, 2.75) is 26.7 Å². The molecular weight excluding hydrogens is 332 g/mol. The lowest BCUT2D eigenvalue weighted by Crippen LogP contribution is -2.05. The Morgan fingerprint density at radius 2 is 1.76 bits per heavy atom. The van der Waals surface area contributed by atoms with Crippen LogP contribution in [0.2, 0.25) is 5.02 Å². The monoisotopic (exact) mass is 352 g/mol. The molecule has 3 rings (SSSR count). The number of nitrogens with one attached hydrogen (secondary N) is 1. The molecule has 0 bridgehead atoms. The van der Waals surface area contributed by atoms with Gasteiger partial charge in [-0.1, -0.05) is 54.4 Å². The Morgan fingerprint density at radius 1 is 1.08 bits per heavy atom. The Hall–Kier alpha value is -2.52. The summed E-state index contributed by atoms with van der Waals surface area (Å²) in [5.74, 6) is 0.0331. The minimum Gasteiger partial charge on any atom is -0.399 e. The van der Waals surface area contributed by atoms with Gasteiger partial charge < -0.3 is 10.7 Å². The second kappa shape index (κ2) is 6.77. The summed E-state index contributed by atoms with van der Waals surface area (Å²) >= 11 is 6.33. The van der Waals surface area contributed by atoms with Crippen molar-refractivity contribution in [1.29, 1.82) is 0 Å². The highest BCUT2D eigenvalue weighted by molar-refractivity contribution is 6.31. The van der Waals surface area contributed by atoms with Crippen molar-refractivity contribution in [3.05, 3.63) is 87.2 Å². The van der Waals surface area contributed by atoms with Crippen LogP contribution in [0.5, 0.6) is 0 Å². The first-order chi connectivity index (χ1) is 11.9. The van der Waals surface area contributed by atoms with Crippen LogP contribution in [0.25, 0.3) is 0 Å². The van der Waals surface area contributed by atoms with Gasteiger partial charge in [-0.15, -0.1) is 0 Å². The topological polar surface area (TPSA) is 58.9 Å². The van der Waals surface area contributed by atoms with E-state index in [1.165, 1.54) is 0 Å². The van der Waals surface area contributed by atoms with E-state index in [9.17, 15) is 4.79 Å². The highest BCUT2D eigenvalue weighted by Crippen LogP contribution is 2.32. The Balaban J connectivity index is 1.94. The predicted molar refractivity (Wildman–Crippen MR) is 104 cm³/mol. The molecule has 1 atom stereocenters. The number of halogens is 1. The quantitative estimate of drug-likeness (QED) is 0.497. The number of hydrogen-bond donors (Lipinski definition) is 2. The largest absolute Gasteiger partial charge is 0.399 e. The molecule has 0 aliphatic rings. The molecule has 0 amide bonds. The van der Waals surface area contributed by atoms with Gasteiger partial charge in [0.1, 0.15) is 0 Å². The smallest absolute Gasteiger partial charge is 0.209 e. The normalized spacial score (nSPS) is 12.2. The molecular formula is C21H21ClN2O. The van der Waals surface area contributed by atoms with E-state index in [2.05, 4.69) is 11.9 Å². The lowest BCUT2D eigenvalue weighted by molar-refractivity contribution is 0.103. The van der Waals surface area contributed by atoms with Gasteiger partial charge in [-0.3, -0.25) is 4.79 Å². The number of aromatic nitrogens is 1. The van der Waals surface area contributed by atoms with Gasteiger partial charge in [0.2, 0.25) is 5.78 Å². The number of aromatic amines is 1. The van der Waals surface area contributed by atoms with Gasteiger partial charge in [0.25, 0.3) is 0 Å². The summed E-state index contributed by atoms with van der Waals surface area (Å²) in [4.78, 5) is 16.1. The third-order valence-corrected chi connectivity index (χ3v) is 4.86. The molecule has 2 aromatic carbocycles. The number of rotatable bonds is 4. The highest BCUT2D eigenvalue weighted by Gasteiger charge is 2.19. The zero-order valence-corrected chi connectivity index (χ0v) is 15.3. The van der Waals surface area contributed by atoms with Crippen LogP contribution in [-0.4, -0.2) is 10.8 Å². The van der Waals surface area contributed by atoms with Gasteiger partial charge in [0.05, 0.1) is 5.69 Å². The van der Waals surface area contributed by atoms with E-state index in [4.69, 9.17) is 17.3 Å². The lowest BCUT2D eigenvalue weighted by atomic mass is 9.97. The summed E-state index contributed by atoms with van der Waals surface area (Å²) in [6.45, 7) is 6.01. The van der Waals surface area contributed by atoms with E-state index >= 15 is 0 Å². The molecule has 0 saturated carbocycles. The molecule has 128 valence electrons. The van der Waals surface area contributed by atoms with Gasteiger partial charge in [0, 0.05) is 27.9 Å². The maximum absolute atomic E-state index is 12.8. The van der Waals surface area contributed by atoms with Crippen molar-refractivity contribution in [3.8, 4) is 0 Å². The number of aryl methyl sites for hydroxylation is 2. The van der Waals surface area contributed by atoms with Crippen molar-refractivity contribution < 1.29 is 4.79 Å². The van der Waals surface area contributed by atoms with Crippen molar-refractivity contribution in [2.75, 3.05) is 5.73 Å². The molecule has 4 heteroatoms. The van der Waals surface area contributed by atoms with E-state index in [1.807, 2.05) is 56.3 Å². The van der Waals surface area contributed by atoms with Gasteiger partial charge in [-0.25, -0.2) is 0 Å². The molecule has 0 spiro atoms. The first-order valence-corrected chi connectivity index (χ1v) is 8.60. The number of anilines is 1. The van der Waals surface area contributed by atoms with Gasteiger partial charge in [0.15, 0.2) is 0 Å². The number of H-pyrrole nitrogens is 1. The standard InChI is InChI=1S/C21H21ClN2O/c1-12-4-6-15(7-5-12)21(25)20-13(2)10-19(24-20)14(3)17-9-8-16(23)11-18(17)22/h4-11,14,24H,23H2,1-3H3. The van der Waals surface area contributed by atoms with E-state index in [1.54, 1.807) is 6.07 Å². The number of nitrogen functional groups attached to an aromatic ring is 1. The van der Waals surface area contributed by atoms with E-state index in [0.717, 1.165) is 22.4 Å². The number of carbonyl (C=O) groups excluding carboxylic acids is 1. The van der Waals surface area contributed by atoms with Crippen LogP contribution < -0.4 is 5.73 Å². The van der Waals surface area contributed by atoms with Crippen LogP contribution in [0.4, 0.5) is 5.69 Å². The summed E-state index contributed by atoms with van der Waals surface area (Å²) < 4.78 is 0. The highest BCUT2D eigenvalue weighted by atomic mass is 35.5.